The van der Waals surface area contributed by atoms with Gasteiger partial charge in [-0.2, -0.15) is 0 Å². The topological polar surface area (TPSA) is 73.8 Å². The van der Waals surface area contributed by atoms with E-state index in [1.165, 1.54) is 10.9 Å². The third-order valence-electron chi connectivity index (χ3n) is 3.66. The number of hydrogen-bond acceptors (Lipinski definition) is 5. The average molecular weight is 373 g/mol. The molecule has 0 saturated carbocycles. The van der Waals surface area contributed by atoms with Crippen molar-refractivity contribution in [2.24, 2.45) is 0 Å². The first-order valence-electron chi connectivity index (χ1n) is 7.34. The average Bonchev–Trinajstić information content (AvgIpc) is 3.07. The summed E-state index contributed by atoms with van der Waals surface area (Å²) in [6, 6.07) is 12.1. The molecule has 8 heteroatoms. The molecule has 0 bridgehead atoms. The molecule has 2 heterocycles. The zero-order valence-corrected chi connectivity index (χ0v) is 14.2. The molecule has 2 aromatic heterocycles. The maximum Gasteiger partial charge on any atom is 0.261 e. The van der Waals surface area contributed by atoms with E-state index in [-0.39, 0.29) is 18.0 Å². The van der Waals surface area contributed by atoms with Crippen LogP contribution in [-0.2, 0) is 6.54 Å². The molecule has 0 atom stereocenters. The summed E-state index contributed by atoms with van der Waals surface area (Å²) in [6.45, 7) is 0.103. The largest absolute Gasteiger partial charge is 0.419 e. The first kappa shape index (κ1) is 15.8. The van der Waals surface area contributed by atoms with Gasteiger partial charge in [-0.05, 0) is 30.3 Å². The predicted molar refractivity (Wildman–Crippen MR) is 94.9 cm³/mol. The fourth-order valence-electron chi connectivity index (χ4n) is 2.45. The molecule has 124 valence electrons. The normalized spacial score (nSPS) is 11.1. The fourth-order valence-corrected chi connectivity index (χ4v) is 2.84. The summed E-state index contributed by atoms with van der Waals surface area (Å²) in [4.78, 5) is 16.8. The van der Waals surface area contributed by atoms with Crippen LogP contribution in [0.4, 0.5) is 0 Å². The highest BCUT2D eigenvalue weighted by Crippen LogP contribution is 2.26. The lowest BCUT2D eigenvalue weighted by atomic mass is 10.2. The molecule has 0 aliphatic rings. The molecule has 0 fully saturated rings. The van der Waals surface area contributed by atoms with Crippen molar-refractivity contribution in [1.82, 2.24) is 19.7 Å². The van der Waals surface area contributed by atoms with E-state index in [1.807, 2.05) is 12.1 Å². The van der Waals surface area contributed by atoms with E-state index in [2.05, 4.69) is 15.2 Å². The Morgan fingerprint density at radius 2 is 1.92 bits per heavy atom. The van der Waals surface area contributed by atoms with Crippen LogP contribution < -0.4 is 5.56 Å². The second-order valence-corrected chi connectivity index (χ2v) is 6.16. The molecular formula is C17H10Cl2N4O2. The molecular weight excluding hydrogens is 363 g/mol. The summed E-state index contributed by atoms with van der Waals surface area (Å²) < 4.78 is 7.02. The van der Waals surface area contributed by atoms with Crippen LogP contribution in [0.5, 0.6) is 0 Å². The molecule has 0 unspecified atom stereocenters. The quantitative estimate of drug-likeness (QED) is 0.546. The number of nitrogens with zero attached hydrogens (tertiary/aromatic N) is 4. The van der Waals surface area contributed by atoms with Crippen molar-refractivity contribution in [2.45, 2.75) is 6.54 Å². The molecule has 2 aromatic carbocycles. The zero-order valence-electron chi connectivity index (χ0n) is 12.7. The molecule has 0 N–H and O–H groups in total. The van der Waals surface area contributed by atoms with E-state index < -0.39 is 0 Å². The molecule has 25 heavy (non-hydrogen) atoms. The number of benzene rings is 2. The first-order chi connectivity index (χ1) is 12.1. The van der Waals surface area contributed by atoms with E-state index in [0.29, 0.717) is 32.4 Å². The highest BCUT2D eigenvalue weighted by Gasteiger charge is 2.13. The van der Waals surface area contributed by atoms with Gasteiger partial charge in [0.25, 0.3) is 5.56 Å². The van der Waals surface area contributed by atoms with E-state index in [1.54, 1.807) is 30.3 Å². The summed E-state index contributed by atoms with van der Waals surface area (Å²) in [7, 11) is 0. The van der Waals surface area contributed by atoms with Gasteiger partial charge < -0.3 is 4.42 Å². The van der Waals surface area contributed by atoms with Gasteiger partial charge in [0.15, 0.2) is 0 Å². The highest BCUT2D eigenvalue weighted by atomic mass is 35.5. The van der Waals surface area contributed by atoms with Crippen LogP contribution in [0.15, 0.2) is 58.0 Å². The lowest BCUT2D eigenvalue weighted by Crippen LogP contribution is -2.21. The predicted octanol–water partition coefficient (Wildman–Crippen LogP) is 3.80. The van der Waals surface area contributed by atoms with Crippen LogP contribution in [0.25, 0.3) is 22.4 Å². The number of halogens is 2. The SMILES string of the molecule is O=c1c2cc(Cl)ccc2ncn1Cc1nnc(-c2ccccc2Cl)o1. The van der Waals surface area contributed by atoms with Crippen LogP contribution in [-0.4, -0.2) is 19.7 Å². The third-order valence-corrected chi connectivity index (χ3v) is 4.23. The maximum atomic E-state index is 12.6. The molecule has 4 aromatic rings. The van der Waals surface area contributed by atoms with Crippen molar-refractivity contribution < 1.29 is 4.42 Å². The van der Waals surface area contributed by atoms with Gasteiger partial charge in [-0.3, -0.25) is 9.36 Å². The van der Waals surface area contributed by atoms with Crippen molar-refractivity contribution in [1.29, 1.82) is 0 Å². The Hall–Kier alpha value is -2.70. The molecule has 6 nitrogen and oxygen atoms in total. The second kappa shape index (κ2) is 6.31. The summed E-state index contributed by atoms with van der Waals surface area (Å²) in [5.41, 5.74) is 0.983. The van der Waals surface area contributed by atoms with Crippen LogP contribution in [0.3, 0.4) is 0 Å². The first-order valence-corrected chi connectivity index (χ1v) is 8.09. The Morgan fingerprint density at radius 1 is 1.08 bits per heavy atom. The minimum atomic E-state index is -0.231. The summed E-state index contributed by atoms with van der Waals surface area (Å²) in [5, 5.41) is 9.39. The van der Waals surface area contributed by atoms with E-state index in [0.717, 1.165) is 0 Å². The van der Waals surface area contributed by atoms with Gasteiger partial charge in [0.2, 0.25) is 11.8 Å². The third kappa shape index (κ3) is 3.01. The lowest BCUT2D eigenvalue weighted by molar-refractivity contribution is 0.483. The minimum Gasteiger partial charge on any atom is -0.419 e. The summed E-state index contributed by atoms with van der Waals surface area (Å²) in [6.07, 6.45) is 1.44. The Kier molecular flexibility index (Phi) is 3.99. The number of fused-ring (bicyclic) bond motifs is 1. The van der Waals surface area contributed by atoms with Crippen molar-refractivity contribution in [3.05, 3.63) is 75.1 Å². The van der Waals surface area contributed by atoms with Gasteiger partial charge in [0.05, 0.1) is 27.8 Å². The maximum absolute atomic E-state index is 12.6. The Morgan fingerprint density at radius 3 is 2.76 bits per heavy atom. The number of rotatable bonds is 3. The van der Waals surface area contributed by atoms with Gasteiger partial charge in [-0.1, -0.05) is 35.3 Å². The van der Waals surface area contributed by atoms with E-state index in [9.17, 15) is 4.79 Å². The monoisotopic (exact) mass is 372 g/mol. The second-order valence-electron chi connectivity index (χ2n) is 5.32. The number of hydrogen-bond donors (Lipinski definition) is 0. The van der Waals surface area contributed by atoms with Gasteiger partial charge in [-0.15, -0.1) is 10.2 Å². The Labute approximate surface area is 151 Å². The molecule has 4 rings (SSSR count). The Bertz CT molecular complexity index is 1140. The molecule has 0 amide bonds. The minimum absolute atomic E-state index is 0.103. The summed E-state index contributed by atoms with van der Waals surface area (Å²) >= 11 is 12.1. The standard InChI is InChI=1S/C17H10Cl2N4O2/c18-10-5-6-14-12(7-10)17(24)23(9-20-14)8-15-21-22-16(25-15)11-3-1-2-4-13(11)19/h1-7,9H,8H2. The van der Waals surface area contributed by atoms with Gasteiger partial charge in [-0.25, -0.2) is 4.98 Å². The van der Waals surface area contributed by atoms with E-state index >= 15 is 0 Å². The van der Waals surface area contributed by atoms with Crippen molar-refractivity contribution in [3.8, 4) is 11.5 Å². The lowest BCUT2D eigenvalue weighted by Gasteiger charge is -2.04. The number of aromatic nitrogens is 4. The van der Waals surface area contributed by atoms with E-state index in [4.69, 9.17) is 27.6 Å². The smallest absolute Gasteiger partial charge is 0.261 e. The van der Waals surface area contributed by atoms with Crippen molar-refractivity contribution in [2.75, 3.05) is 0 Å². The van der Waals surface area contributed by atoms with Crippen LogP contribution in [0.2, 0.25) is 10.0 Å². The van der Waals surface area contributed by atoms with Gasteiger partial charge in [0.1, 0.15) is 6.54 Å². The molecule has 0 aliphatic carbocycles. The van der Waals surface area contributed by atoms with Crippen LogP contribution in [0.1, 0.15) is 5.89 Å². The van der Waals surface area contributed by atoms with Crippen molar-refractivity contribution in [3.63, 3.8) is 0 Å². The fraction of sp³-hybridized carbons (Fsp3) is 0.0588. The molecule has 0 spiro atoms. The molecule has 0 radical (unpaired) electrons. The highest BCUT2D eigenvalue weighted by molar-refractivity contribution is 6.33. The van der Waals surface area contributed by atoms with Crippen molar-refractivity contribution >= 4 is 34.1 Å². The van der Waals surface area contributed by atoms with Gasteiger partial charge >= 0.3 is 0 Å². The van der Waals surface area contributed by atoms with Crippen LogP contribution >= 0.6 is 23.2 Å². The van der Waals surface area contributed by atoms with Gasteiger partial charge in [0, 0.05) is 5.02 Å². The van der Waals surface area contributed by atoms with Crippen LogP contribution in [0, 0.1) is 0 Å². The zero-order chi connectivity index (χ0) is 17.4. The molecule has 0 saturated heterocycles. The molecule has 0 aliphatic heterocycles. The Balaban J connectivity index is 1.70. The summed E-state index contributed by atoms with van der Waals surface area (Å²) in [5.74, 6) is 0.575.